The summed E-state index contributed by atoms with van der Waals surface area (Å²) in [5.41, 5.74) is 5.25. The lowest BCUT2D eigenvalue weighted by Gasteiger charge is -2.09. The predicted molar refractivity (Wildman–Crippen MR) is 131 cm³/mol. The normalized spacial score (nSPS) is 11.4. The van der Waals surface area contributed by atoms with E-state index in [1.165, 1.54) is 6.07 Å². The first-order chi connectivity index (χ1) is 16.1. The standard InChI is InChI=1S/C26H15ClN4O2/c27-19-11-8-16(9-12-19)22-15-30-23-6-2-1-4-18(23)14-20(26(30)29-22)21-13-10-17-5-3-7-24(31(32)33)25(17)28-21/h1-15H. The van der Waals surface area contributed by atoms with Crippen LogP contribution >= 0.6 is 11.6 Å². The smallest absolute Gasteiger partial charge is 0.295 e. The van der Waals surface area contributed by atoms with Crippen molar-refractivity contribution in [2.24, 2.45) is 0 Å². The lowest BCUT2D eigenvalue weighted by Crippen LogP contribution is -1.95. The molecule has 6 rings (SSSR count). The summed E-state index contributed by atoms with van der Waals surface area (Å²) < 4.78 is 2.04. The molecular weight excluding hydrogens is 436 g/mol. The van der Waals surface area contributed by atoms with Crippen molar-refractivity contribution < 1.29 is 4.92 Å². The third-order valence-corrected chi connectivity index (χ3v) is 6.01. The van der Waals surface area contributed by atoms with Gasteiger partial charge < -0.3 is 0 Å². The molecule has 3 aromatic carbocycles. The van der Waals surface area contributed by atoms with Crippen molar-refractivity contribution in [2.75, 3.05) is 0 Å². The van der Waals surface area contributed by atoms with Crippen LogP contribution in [0.4, 0.5) is 5.69 Å². The van der Waals surface area contributed by atoms with Crippen LogP contribution in [0.5, 0.6) is 0 Å². The SMILES string of the molecule is O=[N+]([O-])c1cccc2ccc(-c3cc4ccccc4n4cc(-c5ccc(Cl)cc5)nc34)nc12. The Kier molecular flexibility index (Phi) is 4.35. The number of halogens is 1. The highest BCUT2D eigenvalue weighted by atomic mass is 35.5. The molecule has 0 atom stereocenters. The number of nitro groups is 1. The molecule has 0 saturated heterocycles. The Bertz CT molecular complexity index is 1710. The predicted octanol–water partition coefficient (Wildman–Crippen LogP) is 6.93. The number of rotatable bonds is 3. The Morgan fingerprint density at radius 3 is 2.42 bits per heavy atom. The molecule has 3 heterocycles. The number of fused-ring (bicyclic) bond motifs is 4. The van der Waals surface area contributed by atoms with Gasteiger partial charge in [0.05, 0.1) is 21.8 Å². The van der Waals surface area contributed by atoms with Crippen LogP contribution in [0, 0.1) is 10.1 Å². The fraction of sp³-hybridized carbons (Fsp3) is 0. The average molecular weight is 451 g/mol. The minimum atomic E-state index is -0.400. The first kappa shape index (κ1) is 19.4. The second-order valence-corrected chi connectivity index (χ2v) is 8.18. The second kappa shape index (κ2) is 7.39. The fourth-order valence-electron chi connectivity index (χ4n) is 4.18. The Labute approximate surface area is 192 Å². The summed E-state index contributed by atoms with van der Waals surface area (Å²) in [4.78, 5) is 20.8. The highest BCUT2D eigenvalue weighted by molar-refractivity contribution is 6.30. The molecule has 33 heavy (non-hydrogen) atoms. The minimum Gasteiger partial charge on any atom is -0.298 e. The number of imidazole rings is 1. The molecule has 0 aliphatic rings. The molecule has 0 aliphatic heterocycles. The van der Waals surface area contributed by atoms with Gasteiger partial charge in [-0.15, -0.1) is 0 Å². The highest BCUT2D eigenvalue weighted by Crippen LogP contribution is 2.33. The lowest BCUT2D eigenvalue weighted by atomic mass is 10.1. The van der Waals surface area contributed by atoms with E-state index in [1.54, 1.807) is 6.07 Å². The maximum atomic E-state index is 11.6. The summed E-state index contributed by atoms with van der Waals surface area (Å²) in [6.07, 6.45) is 1.99. The summed E-state index contributed by atoms with van der Waals surface area (Å²) in [7, 11) is 0. The highest BCUT2D eigenvalue weighted by Gasteiger charge is 2.17. The van der Waals surface area contributed by atoms with E-state index in [4.69, 9.17) is 21.6 Å². The second-order valence-electron chi connectivity index (χ2n) is 7.75. The summed E-state index contributed by atoms with van der Waals surface area (Å²) in [6.45, 7) is 0. The molecule has 0 saturated carbocycles. The molecule has 0 aliphatic carbocycles. The maximum Gasteiger partial charge on any atom is 0.295 e. The van der Waals surface area contributed by atoms with Crippen molar-refractivity contribution in [3.63, 3.8) is 0 Å². The van der Waals surface area contributed by atoms with Crippen LogP contribution in [0.1, 0.15) is 0 Å². The number of hydrogen-bond acceptors (Lipinski definition) is 4. The summed E-state index contributed by atoms with van der Waals surface area (Å²) in [5, 5.41) is 14.0. The van der Waals surface area contributed by atoms with E-state index in [0.717, 1.165) is 38.8 Å². The van der Waals surface area contributed by atoms with E-state index in [1.807, 2.05) is 83.4 Å². The van der Waals surface area contributed by atoms with Crippen molar-refractivity contribution in [3.8, 4) is 22.5 Å². The van der Waals surface area contributed by atoms with Gasteiger partial charge in [-0.25, -0.2) is 9.97 Å². The van der Waals surface area contributed by atoms with Crippen LogP contribution in [0.15, 0.2) is 91.1 Å². The zero-order valence-electron chi connectivity index (χ0n) is 17.1. The van der Waals surface area contributed by atoms with E-state index >= 15 is 0 Å². The van der Waals surface area contributed by atoms with Gasteiger partial charge in [0.25, 0.3) is 5.69 Å². The zero-order valence-corrected chi connectivity index (χ0v) is 17.9. The Morgan fingerprint density at radius 1 is 0.818 bits per heavy atom. The van der Waals surface area contributed by atoms with Crippen molar-refractivity contribution in [2.45, 2.75) is 0 Å². The average Bonchev–Trinajstić information content (AvgIpc) is 3.29. The lowest BCUT2D eigenvalue weighted by molar-refractivity contribution is -0.383. The number of para-hydroxylation sites is 2. The van der Waals surface area contributed by atoms with Gasteiger partial charge in [0.1, 0.15) is 11.2 Å². The number of nitrogens with zero attached hydrogens (tertiary/aromatic N) is 4. The van der Waals surface area contributed by atoms with E-state index in [2.05, 4.69) is 0 Å². The number of nitro benzene ring substituents is 1. The van der Waals surface area contributed by atoms with Crippen molar-refractivity contribution in [1.82, 2.24) is 14.4 Å². The quantitative estimate of drug-likeness (QED) is 0.216. The van der Waals surface area contributed by atoms with E-state index < -0.39 is 4.92 Å². The third kappa shape index (κ3) is 3.20. The van der Waals surface area contributed by atoms with Crippen molar-refractivity contribution in [3.05, 3.63) is 106 Å². The van der Waals surface area contributed by atoms with E-state index in [9.17, 15) is 10.1 Å². The minimum absolute atomic E-state index is 0.0173. The van der Waals surface area contributed by atoms with Gasteiger partial charge in [0.15, 0.2) is 0 Å². The van der Waals surface area contributed by atoms with E-state index in [-0.39, 0.29) is 5.69 Å². The summed E-state index contributed by atoms with van der Waals surface area (Å²) in [6, 6.07) is 26.3. The topological polar surface area (TPSA) is 73.3 Å². The summed E-state index contributed by atoms with van der Waals surface area (Å²) in [5.74, 6) is 0. The first-order valence-electron chi connectivity index (χ1n) is 10.3. The van der Waals surface area contributed by atoms with Crippen molar-refractivity contribution >= 4 is 44.7 Å². The van der Waals surface area contributed by atoms with Gasteiger partial charge in [0, 0.05) is 33.8 Å². The van der Waals surface area contributed by atoms with Gasteiger partial charge in [-0.1, -0.05) is 60.1 Å². The van der Waals surface area contributed by atoms with Crippen LogP contribution in [-0.4, -0.2) is 19.3 Å². The monoisotopic (exact) mass is 450 g/mol. The maximum absolute atomic E-state index is 11.6. The van der Waals surface area contributed by atoms with Gasteiger partial charge in [-0.2, -0.15) is 0 Å². The van der Waals surface area contributed by atoms with E-state index in [0.29, 0.717) is 16.2 Å². The van der Waals surface area contributed by atoms with Crippen LogP contribution in [0.2, 0.25) is 5.02 Å². The number of aromatic nitrogens is 3. The summed E-state index contributed by atoms with van der Waals surface area (Å²) >= 11 is 6.06. The molecule has 7 heteroatoms. The van der Waals surface area contributed by atoms with Gasteiger partial charge in [-0.05, 0) is 35.7 Å². The van der Waals surface area contributed by atoms with Gasteiger partial charge >= 0.3 is 0 Å². The number of hydrogen-bond donors (Lipinski definition) is 0. The fourth-order valence-corrected chi connectivity index (χ4v) is 4.31. The molecule has 158 valence electrons. The zero-order chi connectivity index (χ0) is 22.5. The van der Waals surface area contributed by atoms with Gasteiger partial charge in [0.2, 0.25) is 0 Å². The molecule has 0 N–H and O–H groups in total. The Balaban J connectivity index is 1.66. The molecule has 0 radical (unpaired) electrons. The van der Waals surface area contributed by atoms with Crippen LogP contribution in [0.3, 0.4) is 0 Å². The number of pyridine rings is 2. The van der Waals surface area contributed by atoms with Crippen LogP contribution < -0.4 is 0 Å². The molecule has 0 spiro atoms. The Hall–Kier alpha value is -4.29. The molecular formula is C26H15ClN4O2. The Morgan fingerprint density at radius 2 is 1.61 bits per heavy atom. The number of non-ortho nitro benzene ring substituents is 1. The molecule has 0 unspecified atom stereocenters. The molecule has 0 bridgehead atoms. The molecule has 3 aromatic heterocycles. The van der Waals surface area contributed by atoms with Crippen molar-refractivity contribution in [1.29, 1.82) is 0 Å². The first-order valence-corrected chi connectivity index (χ1v) is 10.7. The molecule has 0 amide bonds. The van der Waals surface area contributed by atoms with Gasteiger partial charge in [-0.3, -0.25) is 14.5 Å². The van der Waals surface area contributed by atoms with Crippen LogP contribution in [-0.2, 0) is 0 Å². The number of benzene rings is 3. The third-order valence-electron chi connectivity index (χ3n) is 5.75. The molecule has 0 fully saturated rings. The molecule has 6 nitrogen and oxygen atoms in total. The van der Waals surface area contributed by atoms with Crippen LogP contribution in [0.25, 0.3) is 50.0 Å². The molecule has 6 aromatic rings. The largest absolute Gasteiger partial charge is 0.298 e.